The molecule has 0 aliphatic heterocycles. The molecule has 2 atom stereocenters. The van der Waals surface area contributed by atoms with Crippen LogP contribution in [0.25, 0.3) is 0 Å². The van der Waals surface area contributed by atoms with Gasteiger partial charge in [0.1, 0.15) is 0 Å². The fourth-order valence-electron chi connectivity index (χ4n) is 3.72. The summed E-state index contributed by atoms with van der Waals surface area (Å²) in [5, 5.41) is 0. The summed E-state index contributed by atoms with van der Waals surface area (Å²) in [4.78, 5) is 0. The quantitative estimate of drug-likeness (QED) is 0.0872. The van der Waals surface area contributed by atoms with Gasteiger partial charge >= 0.3 is 0 Å². The van der Waals surface area contributed by atoms with Crippen molar-refractivity contribution >= 4 is 17.2 Å². The lowest BCUT2D eigenvalue weighted by Gasteiger charge is -2.33. The van der Waals surface area contributed by atoms with Crippen molar-refractivity contribution in [1.82, 2.24) is 0 Å². The van der Waals surface area contributed by atoms with Gasteiger partial charge in [0.25, 0.3) is 0 Å². The van der Waals surface area contributed by atoms with E-state index in [-0.39, 0.29) is 42.6 Å². The van der Waals surface area contributed by atoms with Crippen LogP contribution in [0.1, 0.15) is 94.4 Å². The zero-order chi connectivity index (χ0) is 26.7. The van der Waals surface area contributed by atoms with Crippen molar-refractivity contribution in [2.75, 3.05) is 37.8 Å². The second kappa shape index (κ2) is 21.5. The van der Waals surface area contributed by atoms with Gasteiger partial charge in [-0.15, -0.1) is 17.2 Å². The molecule has 0 amide bonds. The molecule has 0 aromatic carbocycles. The third-order valence-corrected chi connectivity index (χ3v) is 7.80. The molecule has 0 aromatic heterocycles. The summed E-state index contributed by atoms with van der Waals surface area (Å²) in [7, 11) is 1.74. The minimum absolute atomic E-state index is 0.109. The molecule has 0 rings (SSSR count). The number of rotatable bonds is 24. The summed E-state index contributed by atoms with van der Waals surface area (Å²) >= 11 is 0. The van der Waals surface area contributed by atoms with E-state index >= 15 is 0 Å². The Hall–Kier alpha value is 0.620. The SMILES string of the molecule is CCCOC(CN)(CCPCCC(OC(C)C)OC(C)C)CCPCCC(OC(C)C)OC(C)C. The van der Waals surface area contributed by atoms with E-state index < -0.39 is 0 Å². The highest BCUT2D eigenvalue weighted by atomic mass is 31.1. The molecule has 6 nitrogen and oxygen atoms in total. The normalized spacial score (nSPS) is 15.1. The average Bonchev–Trinajstić information content (AvgIpc) is 2.74. The Labute approximate surface area is 221 Å². The lowest BCUT2D eigenvalue weighted by atomic mass is 9.97. The third-order valence-electron chi connectivity index (χ3n) is 5.31. The van der Waals surface area contributed by atoms with Gasteiger partial charge in [0, 0.05) is 26.0 Å². The van der Waals surface area contributed by atoms with Crippen LogP contribution in [0.15, 0.2) is 0 Å². The molecular weight excluding hydrogens is 480 g/mol. The predicted molar refractivity (Wildman–Crippen MR) is 155 cm³/mol. The molecule has 0 spiro atoms. The maximum Gasteiger partial charge on any atom is 0.158 e. The fraction of sp³-hybridized carbons (Fsp3) is 1.00. The topological polar surface area (TPSA) is 72.2 Å². The molecule has 0 saturated heterocycles. The fourth-order valence-corrected chi connectivity index (χ4v) is 6.37. The Kier molecular flexibility index (Phi) is 21.9. The van der Waals surface area contributed by atoms with Gasteiger partial charge in [-0.1, -0.05) is 6.92 Å². The molecular formula is C27H59NO5P2. The highest BCUT2D eigenvalue weighted by molar-refractivity contribution is 7.38. The van der Waals surface area contributed by atoms with Crippen LogP contribution in [-0.4, -0.2) is 80.4 Å². The van der Waals surface area contributed by atoms with E-state index in [0.717, 1.165) is 80.5 Å². The third kappa shape index (κ3) is 20.3. The molecule has 8 heteroatoms. The van der Waals surface area contributed by atoms with E-state index in [1.807, 2.05) is 0 Å². The number of hydrogen-bond donors (Lipinski definition) is 1. The Morgan fingerprint density at radius 1 is 0.629 bits per heavy atom. The van der Waals surface area contributed by atoms with E-state index in [0.29, 0.717) is 6.54 Å². The van der Waals surface area contributed by atoms with Gasteiger partial charge in [0.15, 0.2) is 12.6 Å². The van der Waals surface area contributed by atoms with Crippen molar-refractivity contribution in [2.24, 2.45) is 5.73 Å². The van der Waals surface area contributed by atoms with Crippen molar-refractivity contribution in [3.05, 3.63) is 0 Å². The van der Waals surface area contributed by atoms with Crippen molar-refractivity contribution in [2.45, 2.75) is 137 Å². The molecule has 0 aliphatic rings. The van der Waals surface area contributed by atoms with Gasteiger partial charge in [-0.3, -0.25) is 0 Å². The first-order valence-electron chi connectivity index (χ1n) is 13.9. The number of nitrogens with two attached hydrogens (primary N) is 1. The monoisotopic (exact) mass is 539 g/mol. The molecule has 0 fully saturated rings. The zero-order valence-electron chi connectivity index (χ0n) is 24.4. The maximum atomic E-state index is 6.38. The molecule has 2 N–H and O–H groups in total. The molecule has 0 aliphatic carbocycles. The molecule has 0 aromatic rings. The van der Waals surface area contributed by atoms with E-state index in [9.17, 15) is 0 Å². The Bertz CT molecular complexity index is 426. The molecule has 35 heavy (non-hydrogen) atoms. The standard InChI is InChI=1S/C27H59NO5P2/c1-10-15-29-27(20-28,13-18-34-16-11-25(30-21(2)3)31-22(4)5)14-19-35-17-12-26(32-23(6)7)33-24(8)9/h21-26,34-35H,10-20,28H2,1-9H3. The first-order valence-corrected chi connectivity index (χ1v) is 16.7. The second-order valence-corrected chi connectivity index (χ2v) is 13.4. The average molecular weight is 540 g/mol. The van der Waals surface area contributed by atoms with Gasteiger partial charge in [-0.2, -0.15) is 0 Å². The lowest BCUT2D eigenvalue weighted by molar-refractivity contribution is -0.181. The summed E-state index contributed by atoms with van der Waals surface area (Å²) in [5.74, 6) is 0. The van der Waals surface area contributed by atoms with Crippen LogP contribution in [-0.2, 0) is 23.7 Å². The van der Waals surface area contributed by atoms with E-state index in [1.54, 1.807) is 0 Å². The van der Waals surface area contributed by atoms with Gasteiger partial charge in [0.2, 0.25) is 0 Å². The molecule has 0 radical (unpaired) electrons. The van der Waals surface area contributed by atoms with Gasteiger partial charge in [-0.25, -0.2) is 0 Å². The molecule has 0 saturated carbocycles. The summed E-state index contributed by atoms with van der Waals surface area (Å²) in [5.41, 5.74) is 6.10. The predicted octanol–water partition coefficient (Wildman–Crippen LogP) is 6.38. The van der Waals surface area contributed by atoms with Crippen molar-refractivity contribution < 1.29 is 23.7 Å². The van der Waals surface area contributed by atoms with Crippen LogP contribution >= 0.6 is 17.2 Å². The van der Waals surface area contributed by atoms with Crippen molar-refractivity contribution in [3.8, 4) is 0 Å². The van der Waals surface area contributed by atoms with Crippen molar-refractivity contribution in [1.29, 1.82) is 0 Å². The van der Waals surface area contributed by atoms with E-state index in [4.69, 9.17) is 29.4 Å². The Morgan fingerprint density at radius 2 is 1.00 bits per heavy atom. The van der Waals surface area contributed by atoms with Crippen LogP contribution in [0, 0.1) is 0 Å². The van der Waals surface area contributed by atoms with Crippen LogP contribution in [0.2, 0.25) is 0 Å². The van der Waals surface area contributed by atoms with E-state index in [1.165, 1.54) is 0 Å². The Morgan fingerprint density at radius 3 is 1.29 bits per heavy atom. The van der Waals surface area contributed by atoms with Crippen LogP contribution in [0.5, 0.6) is 0 Å². The summed E-state index contributed by atoms with van der Waals surface area (Å²) in [6.07, 6.45) is 10.0. The molecule has 2 unspecified atom stereocenters. The van der Waals surface area contributed by atoms with E-state index in [2.05, 4.69) is 62.3 Å². The summed E-state index contributed by atoms with van der Waals surface area (Å²) in [6, 6.07) is 0. The second-order valence-electron chi connectivity index (χ2n) is 10.4. The van der Waals surface area contributed by atoms with Crippen LogP contribution in [0.4, 0.5) is 0 Å². The first-order chi connectivity index (χ1) is 16.5. The highest BCUT2D eigenvalue weighted by Crippen LogP contribution is 2.29. The summed E-state index contributed by atoms with van der Waals surface area (Å²) in [6.45, 7) is 20.1. The minimum Gasteiger partial charge on any atom is -0.374 e. The van der Waals surface area contributed by atoms with Crippen molar-refractivity contribution in [3.63, 3.8) is 0 Å². The van der Waals surface area contributed by atoms with Gasteiger partial charge < -0.3 is 29.4 Å². The van der Waals surface area contributed by atoms with Gasteiger partial charge in [0.05, 0.1) is 30.0 Å². The number of ether oxygens (including phenoxy) is 5. The smallest absolute Gasteiger partial charge is 0.158 e. The Balaban J connectivity index is 4.55. The lowest BCUT2D eigenvalue weighted by Crippen LogP contribution is -2.42. The maximum absolute atomic E-state index is 6.38. The zero-order valence-corrected chi connectivity index (χ0v) is 26.4. The molecule has 0 bridgehead atoms. The highest BCUT2D eigenvalue weighted by Gasteiger charge is 2.28. The number of hydrogen-bond acceptors (Lipinski definition) is 6. The van der Waals surface area contributed by atoms with Crippen LogP contribution < -0.4 is 5.73 Å². The summed E-state index contributed by atoms with van der Waals surface area (Å²) < 4.78 is 30.1. The van der Waals surface area contributed by atoms with Gasteiger partial charge in [-0.05, 0) is 99.3 Å². The molecule has 0 heterocycles. The largest absolute Gasteiger partial charge is 0.374 e. The first kappa shape index (κ1) is 35.6. The molecule has 212 valence electrons. The van der Waals surface area contributed by atoms with Crippen LogP contribution in [0.3, 0.4) is 0 Å². The minimum atomic E-state index is -0.194.